The summed E-state index contributed by atoms with van der Waals surface area (Å²) in [7, 11) is 0. The lowest BCUT2D eigenvalue weighted by Crippen LogP contribution is -2.11. The Hall–Kier alpha value is -1.58. The van der Waals surface area contributed by atoms with Gasteiger partial charge in [-0.1, -0.05) is 18.2 Å². The number of rotatable bonds is 4. The third-order valence-corrected chi connectivity index (χ3v) is 3.98. The molecule has 3 rings (SSSR count). The lowest BCUT2D eigenvalue weighted by molar-refractivity contribution is 0.462. The lowest BCUT2D eigenvalue weighted by atomic mass is 10.2. The molecule has 92 valence electrons. The van der Waals surface area contributed by atoms with Crippen LogP contribution < -0.4 is 5.32 Å². The van der Waals surface area contributed by atoms with Crippen LogP contribution in [0.15, 0.2) is 46.2 Å². The highest BCUT2D eigenvalue weighted by Crippen LogP contribution is 2.25. The number of fused-ring (bicyclic) bond motifs is 1. The van der Waals surface area contributed by atoms with Crippen LogP contribution in [-0.4, -0.2) is 0 Å². The first-order valence-corrected chi connectivity index (χ1v) is 6.92. The highest BCUT2D eigenvalue weighted by atomic mass is 32.1. The van der Waals surface area contributed by atoms with Gasteiger partial charge in [-0.2, -0.15) is 0 Å². The van der Waals surface area contributed by atoms with Crippen molar-refractivity contribution in [2.45, 2.75) is 20.0 Å². The van der Waals surface area contributed by atoms with Gasteiger partial charge in [0.2, 0.25) is 0 Å². The van der Waals surface area contributed by atoms with Crippen LogP contribution in [0.2, 0.25) is 0 Å². The molecule has 3 heteroatoms. The molecule has 0 unspecified atom stereocenters. The van der Waals surface area contributed by atoms with E-state index in [0.29, 0.717) is 0 Å². The topological polar surface area (TPSA) is 25.2 Å². The fourth-order valence-corrected chi connectivity index (χ4v) is 3.03. The fourth-order valence-electron chi connectivity index (χ4n) is 2.07. The van der Waals surface area contributed by atoms with E-state index in [1.807, 2.05) is 19.1 Å². The van der Waals surface area contributed by atoms with E-state index >= 15 is 0 Å². The zero-order valence-corrected chi connectivity index (χ0v) is 11.1. The summed E-state index contributed by atoms with van der Waals surface area (Å²) >= 11 is 1.80. The van der Waals surface area contributed by atoms with Crippen molar-refractivity contribution in [2.75, 3.05) is 0 Å². The average molecular weight is 257 g/mol. The summed E-state index contributed by atoms with van der Waals surface area (Å²) < 4.78 is 6.88. The van der Waals surface area contributed by atoms with Crippen molar-refractivity contribution < 1.29 is 4.42 Å². The quantitative estimate of drug-likeness (QED) is 0.761. The number of benzene rings is 1. The Morgan fingerprint density at radius 2 is 2.00 bits per heavy atom. The summed E-state index contributed by atoms with van der Waals surface area (Å²) in [4.78, 5) is 0. The van der Waals surface area contributed by atoms with Crippen LogP contribution in [-0.2, 0) is 13.1 Å². The molecule has 0 aliphatic rings. The van der Waals surface area contributed by atoms with Gasteiger partial charge in [0.1, 0.15) is 11.5 Å². The number of furan rings is 1. The molecule has 0 bridgehead atoms. The molecular formula is C15H15NOS. The van der Waals surface area contributed by atoms with Crippen LogP contribution in [0.25, 0.3) is 10.1 Å². The molecular weight excluding hydrogens is 242 g/mol. The van der Waals surface area contributed by atoms with E-state index in [0.717, 1.165) is 24.6 Å². The first kappa shape index (κ1) is 11.5. The lowest BCUT2D eigenvalue weighted by Gasteiger charge is -2.01. The smallest absolute Gasteiger partial charge is 0.117 e. The van der Waals surface area contributed by atoms with E-state index in [4.69, 9.17) is 4.42 Å². The summed E-state index contributed by atoms with van der Waals surface area (Å²) in [5, 5.41) is 7.00. The first-order valence-electron chi connectivity index (χ1n) is 6.04. The summed E-state index contributed by atoms with van der Waals surface area (Å²) in [6.07, 6.45) is 0. The predicted molar refractivity (Wildman–Crippen MR) is 75.8 cm³/mol. The predicted octanol–water partition coefficient (Wildman–Crippen LogP) is 4.09. The first-order chi connectivity index (χ1) is 8.83. The SMILES string of the molecule is Cc1ccc(CNCc2csc3ccccc23)o1. The minimum atomic E-state index is 0.776. The Balaban J connectivity index is 1.66. The average Bonchev–Trinajstić information content (AvgIpc) is 2.97. The minimum absolute atomic E-state index is 0.776. The number of hydrogen-bond acceptors (Lipinski definition) is 3. The van der Waals surface area contributed by atoms with Gasteiger partial charge in [-0.25, -0.2) is 0 Å². The second-order valence-electron chi connectivity index (χ2n) is 4.37. The zero-order valence-electron chi connectivity index (χ0n) is 10.3. The molecule has 3 aromatic rings. The maximum absolute atomic E-state index is 5.53. The van der Waals surface area contributed by atoms with Gasteiger partial charge in [0.15, 0.2) is 0 Å². The van der Waals surface area contributed by atoms with Gasteiger partial charge in [-0.05, 0) is 41.5 Å². The van der Waals surface area contributed by atoms with Gasteiger partial charge in [0.25, 0.3) is 0 Å². The van der Waals surface area contributed by atoms with E-state index in [2.05, 4.69) is 35.0 Å². The second-order valence-corrected chi connectivity index (χ2v) is 5.28. The van der Waals surface area contributed by atoms with Crippen molar-refractivity contribution in [2.24, 2.45) is 0 Å². The molecule has 1 N–H and O–H groups in total. The van der Waals surface area contributed by atoms with Crippen LogP contribution in [0.5, 0.6) is 0 Å². The monoisotopic (exact) mass is 257 g/mol. The summed E-state index contributed by atoms with van der Waals surface area (Å²) in [5.74, 6) is 1.96. The molecule has 2 aromatic heterocycles. The Bertz CT molecular complexity index is 653. The Labute approximate surface area is 110 Å². The highest BCUT2D eigenvalue weighted by Gasteiger charge is 2.03. The molecule has 0 atom stereocenters. The van der Waals surface area contributed by atoms with Gasteiger partial charge in [0, 0.05) is 11.2 Å². The van der Waals surface area contributed by atoms with Crippen molar-refractivity contribution in [1.82, 2.24) is 5.32 Å². The second kappa shape index (κ2) is 4.96. The van der Waals surface area contributed by atoms with Crippen molar-refractivity contribution in [3.63, 3.8) is 0 Å². The van der Waals surface area contributed by atoms with Gasteiger partial charge < -0.3 is 9.73 Å². The third-order valence-electron chi connectivity index (χ3n) is 2.97. The maximum atomic E-state index is 5.53. The van der Waals surface area contributed by atoms with Gasteiger partial charge in [-0.15, -0.1) is 11.3 Å². The molecule has 0 saturated heterocycles. The van der Waals surface area contributed by atoms with Crippen molar-refractivity contribution in [3.8, 4) is 0 Å². The number of thiophene rings is 1. The Morgan fingerprint density at radius 3 is 2.83 bits per heavy atom. The zero-order chi connectivity index (χ0) is 12.4. The van der Waals surface area contributed by atoms with Gasteiger partial charge >= 0.3 is 0 Å². The van der Waals surface area contributed by atoms with Crippen molar-refractivity contribution in [3.05, 3.63) is 58.9 Å². The molecule has 0 saturated carbocycles. The van der Waals surface area contributed by atoms with Crippen molar-refractivity contribution in [1.29, 1.82) is 0 Å². The minimum Gasteiger partial charge on any atom is -0.465 e. The fraction of sp³-hybridized carbons (Fsp3) is 0.200. The number of hydrogen-bond donors (Lipinski definition) is 1. The summed E-state index contributed by atoms with van der Waals surface area (Å²) in [6.45, 7) is 3.62. The van der Waals surface area contributed by atoms with Crippen molar-refractivity contribution >= 4 is 21.4 Å². The molecule has 0 aliphatic heterocycles. The van der Waals surface area contributed by atoms with E-state index in [9.17, 15) is 0 Å². The number of nitrogens with one attached hydrogen (secondary N) is 1. The van der Waals surface area contributed by atoms with Crippen LogP contribution >= 0.6 is 11.3 Å². The Morgan fingerprint density at radius 1 is 1.11 bits per heavy atom. The van der Waals surface area contributed by atoms with E-state index in [1.54, 1.807) is 11.3 Å². The van der Waals surface area contributed by atoms with E-state index in [1.165, 1.54) is 15.6 Å². The molecule has 0 spiro atoms. The molecule has 1 aromatic carbocycles. The summed E-state index contributed by atoms with van der Waals surface area (Å²) in [6, 6.07) is 12.5. The molecule has 18 heavy (non-hydrogen) atoms. The van der Waals surface area contributed by atoms with Crippen LogP contribution in [0.3, 0.4) is 0 Å². The van der Waals surface area contributed by atoms with Gasteiger partial charge in [0.05, 0.1) is 6.54 Å². The maximum Gasteiger partial charge on any atom is 0.117 e. The molecule has 0 amide bonds. The normalized spacial score (nSPS) is 11.2. The summed E-state index contributed by atoms with van der Waals surface area (Å²) in [5.41, 5.74) is 1.36. The van der Waals surface area contributed by atoms with Crippen LogP contribution in [0.4, 0.5) is 0 Å². The van der Waals surface area contributed by atoms with Crippen LogP contribution in [0.1, 0.15) is 17.1 Å². The van der Waals surface area contributed by atoms with Crippen LogP contribution in [0, 0.1) is 6.92 Å². The molecule has 0 aliphatic carbocycles. The van der Waals surface area contributed by atoms with E-state index in [-0.39, 0.29) is 0 Å². The van der Waals surface area contributed by atoms with Gasteiger partial charge in [-0.3, -0.25) is 0 Å². The standard InChI is InChI=1S/C15H15NOS/c1-11-6-7-13(17-11)9-16-8-12-10-18-15-5-3-2-4-14(12)15/h2-7,10,16H,8-9H2,1H3. The number of aryl methyl sites for hydroxylation is 1. The Kier molecular flexibility index (Phi) is 3.17. The highest BCUT2D eigenvalue weighted by molar-refractivity contribution is 7.17. The largest absolute Gasteiger partial charge is 0.465 e. The van der Waals surface area contributed by atoms with E-state index < -0.39 is 0 Å². The molecule has 0 fully saturated rings. The third kappa shape index (κ3) is 2.33. The molecule has 2 heterocycles. The molecule has 2 nitrogen and oxygen atoms in total. The molecule has 0 radical (unpaired) electrons.